The maximum atomic E-state index is 12.8. The summed E-state index contributed by atoms with van der Waals surface area (Å²) in [4.78, 5) is 39.0. The molecule has 0 radical (unpaired) electrons. The quantitative estimate of drug-likeness (QED) is 0.427. The van der Waals surface area contributed by atoms with Crippen molar-refractivity contribution in [3.8, 4) is 11.5 Å². The molecule has 0 saturated carbocycles. The number of aromatic nitrogens is 3. The van der Waals surface area contributed by atoms with Gasteiger partial charge >= 0.3 is 0 Å². The minimum absolute atomic E-state index is 0.140. The number of fused-ring (bicyclic) bond motifs is 2. The largest absolute Gasteiger partial charge is 0.493 e. The van der Waals surface area contributed by atoms with Gasteiger partial charge in [0.05, 0.1) is 49.4 Å². The monoisotopic (exact) mass is 447 g/mol. The first kappa shape index (κ1) is 22.2. The average molecular weight is 447 g/mol. The van der Waals surface area contributed by atoms with Gasteiger partial charge in [-0.3, -0.25) is 19.5 Å². The molecule has 0 aliphatic rings. The Kier molecular flexibility index (Phi) is 6.50. The number of benzene rings is 2. The number of hydrogen-bond acceptors (Lipinski definition) is 7. The number of hydrogen-bond donors (Lipinski definition) is 2. The van der Waals surface area contributed by atoms with E-state index in [0.29, 0.717) is 47.0 Å². The van der Waals surface area contributed by atoms with E-state index in [1.54, 1.807) is 18.3 Å². The lowest BCUT2D eigenvalue weighted by atomic mass is 10.2. The summed E-state index contributed by atoms with van der Waals surface area (Å²) in [7, 11) is 3.04. The van der Waals surface area contributed by atoms with Crippen LogP contribution in [0.25, 0.3) is 21.8 Å². The van der Waals surface area contributed by atoms with Gasteiger partial charge in [-0.1, -0.05) is 13.0 Å². The first-order valence-electron chi connectivity index (χ1n) is 10.5. The molecule has 0 atom stereocenters. The number of carbonyl (C=O) groups excluding carboxylic acids is 1. The minimum Gasteiger partial charge on any atom is -0.493 e. The molecule has 2 N–H and O–H groups in total. The summed E-state index contributed by atoms with van der Waals surface area (Å²) in [6, 6.07) is 12.6. The Morgan fingerprint density at radius 2 is 1.85 bits per heavy atom. The van der Waals surface area contributed by atoms with Crippen molar-refractivity contribution in [3.63, 3.8) is 0 Å². The molecule has 0 unspecified atom stereocenters. The highest BCUT2D eigenvalue weighted by Gasteiger charge is 2.15. The molecule has 0 saturated heterocycles. The first-order chi connectivity index (χ1) is 16.0. The highest BCUT2D eigenvalue weighted by molar-refractivity contribution is 6.01. The molecular formula is C24H25N5O4. The number of rotatable bonds is 8. The molecular weight excluding hydrogens is 422 g/mol. The van der Waals surface area contributed by atoms with Gasteiger partial charge < -0.3 is 19.8 Å². The van der Waals surface area contributed by atoms with Crippen molar-refractivity contribution < 1.29 is 14.3 Å². The van der Waals surface area contributed by atoms with Crippen LogP contribution in [0, 0.1) is 0 Å². The second kappa shape index (κ2) is 9.66. The Morgan fingerprint density at radius 3 is 2.61 bits per heavy atom. The second-order valence-corrected chi connectivity index (χ2v) is 7.46. The molecule has 1 amide bonds. The van der Waals surface area contributed by atoms with E-state index in [4.69, 9.17) is 9.47 Å². The Bertz CT molecular complexity index is 1360. The number of methoxy groups -OCH3 is 2. The van der Waals surface area contributed by atoms with Crippen LogP contribution in [0.2, 0.25) is 0 Å². The summed E-state index contributed by atoms with van der Waals surface area (Å²) < 4.78 is 10.6. The van der Waals surface area contributed by atoms with Crippen LogP contribution in [0.5, 0.6) is 11.5 Å². The summed E-state index contributed by atoms with van der Waals surface area (Å²) in [6.45, 7) is 2.99. The van der Waals surface area contributed by atoms with Gasteiger partial charge in [0.15, 0.2) is 11.5 Å². The van der Waals surface area contributed by atoms with Gasteiger partial charge in [0.1, 0.15) is 5.82 Å². The average Bonchev–Trinajstić information content (AvgIpc) is 2.83. The Labute approximate surface area is 190 Å². The van der Waals surface area contributed by atoms with Crippen molar-refractivity contribution in [2.24, 2.45) is 0 Å². The molecule has 0 aliphatic carbocycles. The van der Waals surface area contributed by atoms with Crippen LogP contribution in [0.4, 0.5) is 5.69 Å². The van der Waals surface area contributed by atoms with Crippen molar-refractivity contribution in [3.05, 3.63) is 64.8 Å². The first-order valence-corrected chi connectivity index (χ1v) is 10.5. The minimum atomic E-state index is -0.278. The van der Waals surface area contributed by atoms with Crippen LogP contribution >= 0.6 is 0 Å². The Hall–Kier alpha value is -3.98. The van der Waals surface area contributed by atoms with Gasteiger partial charge in [0, 0.05) is 17.6 Å². The van der Waals surface area contributed by atoms with Gasteiger partial charge in [-0.2, -0.15) is 0 Å². The number of ether oxygens (including phenoxy) is 2. The molecule has 0 spiro atoms. The van der Waals surface area contributed by atoms with E-state index >= 15 is 0 Å². The third-order valence-electron chi connectivity index (χ3n) is 5.37. The number of nitrogens with one attached hydrogen (secondary N) is 2. The van der Waals surface area contributed by atoms with Crippen LogP contribution in [0.15, 0.2) is 53.5 Å². The molecule has 170 valence electrons. The smallest absolute Gasteiger partial charge is 0.258 e. The van der Waals surface area contributed by atoms with Crippen LogP contribution in [0.3, 0.4) is 0 Å². The zero-order valence-electron chi connectivity index (χ0n) is 18.7. The van der Waals surface area contributed by atoms with E-state index in [-0.39, 0.29) is 18.0 Å². The molecule has 2 aromatic carbocycles. The normalized spacial score (nSPS) is 11.2. The number of nitrogens with zero attached hydrogens (tertiary/aromatic N) is 3. The third kappa shape index (κ3) is 4.78. The van der Waals surface area contributed by atoms with E-state index in [1.807, 2.05) is 42.2 Å². The maximum absolute atomic E-state index is 12.8. The van der Waals surface area contributed by atoms with Crippen molar-refractivity contribution in [2.45, 2.75) is 13.5 Å². The molecule has 4 aromatic rings. The predicted octanol–water partition coefficient (Wildman–Crippen LogP) is 2.95. The second-order valence-electron chi connectivity index (χ2n) is 7.46. The summed E-state index contributed by atoms with van der Waals surface area (Å²) in [5.74, 6) is 1.25. The number of likely N-dealkylation sites (N-methyl/N-ethyl adjacent to an activating group) is 1. The topological polar surface area (TPSA) is 109 Å². The van der Waals surface area contributed by atoms with Crippen molar-refractivity contribution in [1.82, 2.24) is 19.9 Å². The zero-order chi connectivity index (χ0) is 23.4. The van der Waals surface area contributed by atoms with Gasteiger partial charge in [0.25, 0.3) is 5.56 Å². The van der Waals surface area contributed by atoms with E-state index in [2.05, 4.69) is 20.3 Å². The molecule has 33 heavy (non-hydrogen) atoms. The van der Waals surface area contributed by atoms with Crippen LogP contribution in [-0.2, 0) is 11.3 Å². The fraction of sp³-hybridized carbons (Fsp3) is 0.250. The lowest BCUT2D eigenvalue weighted by Crippen LogP contribution is -2.34. The van der Waals surface area contributed by atoms with Gasteiger partial charge in [-0.05, 0) is 36.9 Å². The summed E-state index contributed by atoms with van der Waals surface area (Å²) in [5.41, 5.74) is 1.74. The molecule has 2 aromatic heterocycles. The van der Waals surface area contributed by atoms with Crippen LogP contribution in [0.1, 0.15) is 12.7 Å². The SMILES string of the molecule is CCN(CC(=O)Nc1cccc2ncccc12)Cc1nc2cc(OC)c(OC)cc2c(=O)[nH]1. The third-order valence-corrected chi connectivity index (χ3v) is 5.37. The highest BCUT2D eigenvalue weighted by Crippen LogP contribution is 2.30. The summed E-state index contributed by atoms with van der Waals surface area (Å²) >= 11 is 0. The molecule has 9 heteroatoms. The maximum Gasteiger partial charge on any atom is 0.258 e. The fourth-order valence-corrected chi connectivity index (χ4v) is 3.69. The molecule has 0 aliphatic heterocycles. The van der Waals surface area contributed by atoms with Crippen molar-refractivity contribution in [2.75, 3.05) is 32.6 Å². The number of pyridine rings is 1. The van der Waals surface area contributed by atoms with Gasteiger partial charge in [-0.25, -0.2) is 4.98 Å². The Morgan fingerprint density at radius 1 is 1.06 bits per heavy atom. The standard InChI is InChI=1S/C24H25N5O4/c1-4-29(14-23(30)27-18-9-5-8-17-15(18)7-6-10-25-17)13-22-26-19-12-21(33-3)20(32-2)11-16(19)24(31)28-22/h5-12H,4,13-14H2,1-3H3,(H,27,30)(H,26,28,31). The van der Waals surface area contributed by atoms with Gasteiger partial charge in [-0.15, -0.1) is 0 Å². The molecule has 4 rings (SSSR count). The van der Waals surface area contributed by atoms with E-state index < -0.39 is 0 Å². The lowest BCUT2D eigenvalue weighted by Gasteiger charge is -2.20. The number of H-pyrrole nitrogens is 1. The van der Waals surface area contributed by atoms with Crippen molar-refractivity contribution >= 4 is 33.4 Å². The number of anilines is 1. The molecule has 2 heterocycles. The zero-order valence-corrected chi connectivity index (χ0v) is 18.7. The number of carbonyl (C=O) groups is 1. The number of aromatic amines is 1. The lowest BCUT2D eigenvalue weighted by molar-refractivity contribution is -0.117. The van der Waals surface area contributed by atoms with Gasteiger partial charge in [0.2, 0.25) is 5.91 Å². The van der Waals surface area contributed by atoms with E-state index in [9.17, 15) is 9.59 Å². The molecule has 9 nitrogen and oxygen atoms in total. The molecule has 0 bridgehead atoms. The van der Waals surface area contributed by atoms with Crippen LogP contribution < -0.4 is 20.3 Å². The highest BCUT2D eigenvalue weighted by atomic mass is 16.5. The molecule has 0 fully saturated rings. The van der Waals surface area contributed by atoms with E-state index in [0.717, 1.165) is 10.9 Å². The van der Waals surface area contributed by atoms with Crippen LogP contribution in [-0.4, -0.2) is 53.1 Å². The summed E-state index contributed by atoms with van der Waals surface area (Å²) in [5, 5.41) is 4.24. The fourth-order valence-electron chi connectivity index (χ4n) is 3.69. The van der Waals surface area contributed by atoms with E-state index in [1.165, 1.54) is 14.2 Å². The number of amides is 1. The predicted molar refractivity (Wildman–Crippen MR) is 127 cm³/mol. The van der Waals surface area contributed by atoms with Crippen molar-refractivity contribution in [1.29, 1.82) is 0 Å². The Balaban J connectivity index is 1.52. The summed E-state index contributed by atoms with van der Waals surface area (Å²) in [6.07, 6.45) is 1.72.